The number of aliphatic imine (C=N–C) groups is 1. The predicted octanol–water partition coefficient (Wildman–Crippen LogP) is 4.15. The van der Waals surface area contributed by atoms with E-state index in [9.17, 15) is 4.39 Å². The normalized spacial score (nSPS) is 11.2. The lowest BCUT2D eigenvalue weighted by Crippen LogP contribution is -2.36. The molecule has 27 heavy (non-hydrogen) atoms. The van der Waals surface area contributed by atoms with Crippen LogP contribution in [0, 0.1) is 5.82 Å². The van der Waals surface area contributed by atoms with E-state index in [1.54, 1.807) is 12.1 Å². The number of hydrogen-bond donors (Lipinski definition) is 2. The molecule has 0 amide bonds. The summed E-state index contributed by atoms with van der Waals surface area (Å²) in [6, 6.07) is 15.0. The molecular formula is C21H30FIN4. The summed E-state index contributed by atoms with van der Waals surface area (Å²) in [5.41, 5.74) is 3.50. The minimum atomic E-state index is -0.220. The van der Waals surface area contributed by atoms with Crippen molar-refractivity contribution in [2.45, 2.75) is 33.5 Å². The molecule has 0 unspecified atom stereocenters. The zero-order chi connectivity index (χ0) is 18.8. The molecule has 4 nitrogen and oxygen atoms in total. The van der Waals surface area contributed by atoms with Crippen LogP contribution in [0.4, 0.5) is 4.39 Å². The molecule has 0 bridgehead atoms. The molecule has 2 rings (SSSR count). The number of guanidine groups is 1. The predicted molar refractivity (Wildman–Crippen MR) is 122 cm³/mol. The van der Waals surface area contributed by atoms with Gasteiger partial charge in [0.25, 0.3) is 0 Å². The monoisotopic (exact) mass is 484 g/mol. The summed E-state index contributed by atoms with van der Waals surface area (Å²) in [6.07, 6.45) is 0. The molecule has 2 N–H and O–H groups in total. The molecular weight excluding hydrogens is 454 g/mol. The average Bonchev–Trinajstić information content (AvgIpc) is 2.65. The van der Waals surface area contributed by atoms with E-state index in [1.807, 2.05) is 6.92 Å². The SMILES string of the molecule is CCNC(=NCc1cccc(CN(C)CC)c1)NCc1ccc(F)cc1.I. The minimum absolute atomic E-state index is 0. The van der Waals surface area contributed by atoms with E-state index in [-0.39, 0.29) is 29.8 Å². The first-order valence-corrected chi connectivity index (χ1v) is 9.13. The molecule has 0 aliphatic heterocycles. The van der Waals surface area contributed by atoms with Gasteiger partial charge in [-0.3, -0.25) is 0 Å². The first-order chi connectivity index (χ1) is 12.6. The quantitative estimate of drug-likeness (QED) is 0.336. The van der Waals surface area contributed by atoms with Crippen molar-refractivity contribution in [2.24, 2.45) is 4.99 Å². The number of hydrogen-bond acceptors (Lipinski definition) is 2. The van der Waals surface area contributed by atoms with E-state index < -0.39 is 0 Å². The van der Waals surface area contributed by atoms with Crippen LogP contribution in [0.1, 0.15) is 30.5 Å². The molecule has 0 spiro atoms. The maximum Gasteiger partial charge on any atom is 0.191 e. The van der Waals surface area contributed by atoms with Crippen LogP contribution in [0.25, 0.3) is 0 Å². The van der Waals surface area contributed by atoms with Crippen molar-refractivity contribution in [1.82, 2.24) is 15.5 Å². The Morgan fingerprint density at radius 2 is 1.70 bits per heavy atom. The van der Waals surface area contributed by atoms with Crippen LogP contribution in [0.15, 0.2) is 53.5 Å². The first-order valence-electron chi connectivity index (χ1n) is 9.13. The fourth-order valence-electron chi connectivity index (χ4n) is 2.55. The van der Waals surface area contributed by atoms with Gasteiger partial charge in [-0.2, -0.15) is 0 Å². The zero-order valence-electron chi connectivity index (χ0n) is 16.3. The van der Waals surface area contributed by atoms with E-state index in [4.69, 9.17) is 0 Å². The lowest BCUT2D eigenvalue weighted by atomic mass is 10.1. The van der Waals surface area contributed by atoms with E-state index in [1.165, 1.54) is 23.3 Å². The topological polar surface area (TPSA) is 39.7 Å². The number of halogens is 2. The van der Waals surface area contributed by atoms with Crippen molar-refractivity contribution in [1.29, 1.82) is 0 Å². The average molecular weight is 484 g/mol. The fraction of sp³-hybridized carbons (Fsp3) is 0.381. The Balaban J connectivity index is 0.00000364. The molecule has 148 valence electrons. The van der Waals surface area contributed by atoms with Gasteiger partial charge in [-0.15, -0.1) is 24.0 Å². The highest BCUT2D eigenvalue weighted by molar-refractivity contribution is 14.0. The van der Waals surface area contributed by atoms with Gasteiger partial charge in [-0.05, 0) is 49.3 Å². The second kappa shape index (κ2) is 12.7. The van der Waals surface area contributed by atoms with Gasteiger partial charge in [0, 0.05) is 19.6 Å². The number of nitrogens with zero attached hydrogens (tertiary/aromatic N) is 2. The number of nitrogens with one attached hydrogen (secondary N) is 2. The summed E-state index contributed by atoms with van der Waals surface area (Å²) >= 11 is 0. The largest absolute Gasteiger partial charge is 0.357 e. The van der Waals surface area contributed by atoms with Crippen molar-refractivity contribution in [3.05, 3.63) is 71.0 Å². The first kappa shape index (κ1) is 23.4. The molecule has 0 atom stereocenters. The minimum Gasteiger partial charge on any atom is -0.357 e. The summed E-state index contributed by atoms with van der Waals surface area (Å²) in [5, 5.41) is 6.54. The van der Waals surface area contributed by atoms with Crippen molar-refractivity contribution in [2.75, 3.05) is 20.1 Å². The van der Waals surface area contributed by atoms with Gasteiger partial charge in [-0.25, -0.2) is 9.38 Å². The standard InChI is InChI=1S/C21H29FN4.HI/c1-4-23-21(24-14-17-9-11-20(22)12-10-17)25-15-18-7-6-8-19(13-18)16-26(3)5-2;/h6-13H,4-5,14-16H2,1-3H3,(H2,23,24,25);1H. The molecule has 2 aromatic rings. The summed E-state index contributed by atoms with van der Waals surface area (Å²) in [7, 11) is 2.12. The Hall–Kier alpha value is -1.67. The van der Waals surface area contributed by atoms with Crippen molar-refractivity contribution in [3.8, 4) is 0 Å². The second-order valence-corrected chi connectivity index (χ2v) is 6.33. The van der Waals surface area contributed by atoms with E-state index >= 15 is 0 Å². The molecule has 6 heteroatoms. The fourth-order valence-corrected chi connectivity index (χ4v) is 2.55. The summed E-state index contributed by atoms with van der Waals surface area (Å²) in [4.78, 5) is 6.94. The van der Waals surface area contributed by atoms with Gasteiger partial charge in [-0.1, -0.05) is 43.3 Å². The van der Waals surface area contributed by atoms with Gasteiger partial charge in [0.05, 0.1) is 6.54 Å². The van der Waals surface area contributed by atoms with Crippen molar-refractivity contribution >= 4 is 29.9 Å². The van der Waals surface area contributed by atoms with E-state index in [2.05, 4.69) is 58.8 Å². The lowest BCUT2D eigenvalue weighted by molar-refractivity contribution is 0.345. The molecule has 0 heterocycles. The highest BCUT2D eigenvalue weighted by atomic mass is 127. The Morgan fingerprint density at radius 1 is 1.00 bits per heavy atom. The molecule has 0 aliphatic rings. The summed E-state index contributed by atoms with van der Waals surface area (Å²) in [5.74, 6) is 0.538. The van der Waals surface area contributed by atoms with Crippen LogP contribution in [0.2, 0.25) is 0 Å². The third-order valence-corrected chi connectivity index (χ3v) is 4.12. The van der Waals surface area contributed by atoms with Crippen LogP contribution < -0.4 is 10.6 Å². The van der Waals surface area contributed by atoms with Crippen LogP contribution in [0.5, 0.6) is 0 Å². The molecule has 0 saturated heterocycles. The van der Waals surface area contributed by atoms with Crippen LogP contribution in [0.3, 0.4) is 0 Å². The maximum atomic E-state index is 13.0. The molecule has 0 radical (unpaired) electrons. The smallest absolute Gasteiger partial charge is 0.191 e. The molecule has 2 aromatic carbocycles. The Bertz CT molecular complexity index is 704. The third-order valence-electron chi connectivity index (χ3n) is 4.12. The highest BCUT2D eigenvalue weighted by Crippen LogP contribution is 2.09. The Morgan fingerprint density at radius 3 is 2.37 bits per heavy atom. The highest BCUT2D eigenvalue weighted by Gasteiger charge is 2.02. The van der Waals surface area contributed by atoms with Crippen molar-refractivity contribution in [3.63, 3.8) is 0 Å². The lowest BCUT2D eigenvalue weighted by Gasteiger charge is -2.14. The van der Waals surface area contributed by atoms with Gasteiger partial charge >= 0.3 is 0 Å². The van der Waals surface area contributed by atoms with Crippen LogP contribution in [-0.2, 0) is 19.6 Å². The molecule has 0 fully saturated rings. The maximum absolute atomic E-state index is 13.0. The second-order valence-electron chi connectivity index (χ2n) is 6.33. The Labute approximate surface area is 179 Å². The molecule has 0 saturated carbocycles. The van der Waals surface area contributed by atoms with Gasteiger partial charge in [0.1, 0.15) is 5.82 Å². The zero-order valence-corrected chi connectivity index (χ0v) is 18.7. The van der Waals surface area contributed by atoms with E-state index in [0.717, 1.165) is 31.2 Å². The molecule has 0 aromatic heterocycles. The van der Waals surface area contributed by atoms with Gasteiger partial charge in [0.15, 0.2) is 5.96 Å². The van der Waals surface area contributed by atoms with E-state index in [0.29, 0.717) is 13.1 Å². The number of rotatable bonds is 8. The van der Waals surface area contributed by atoms with Gasteiger partial charge in [0.2, 0.25) is 0 Å². The molecule has 0 aliphatic carbocycles. The van der Waals surface area contributed by atoms with Gasteiger partial charge < -0.3 is 15.5 Å². The van der Waals surface area contributed by atoms with Crippen LogP contribution >= 0.6 is 24.0 Å². The Kier molecular flexibility index (Phi) is 11.0. The third kappa shape index (κ3) is 8.71. The summed E-state index contributed by atoms with van der Waals surface area (Å²) in [6.45, 7) is 8.17. The number of benzene rings is 2. The summed E-state index contributed by atoms with van der Waals surface area (Å²) < 4.78 is 13.0. The van der Waals surface area contributed by atoms with Crippen molar-refractivity contribution < 1.29 is 4.39 Å². The van der Waals surface area contributed by atoms with Crippen LogP contribution in [-0.4, -0.2) is 31.0 Å².